The van der Waals surface area contributed by atoms with Crippen LogP contribution in [0.2, 0.25) is 0 Å². The predicted octanol–water partition coefficient (Wildman–Crippen LogP) is 6.09. The van der Waals surface area contributed by atoms with Crippen molar-refractivity contribution in [1.82, 2.24) is 0 Å². The number of benzene rings is 2. The third kappa shape index (κ3) is 7.71. The maximum absolute atomic E-state index is 12.7. The van der Waals surface area contributed by atoms with Crippen LogP contribution in [0.5, 0.6) is 0 Å². The molecule has 0 fully saturated rings. The molecule has 0 amide bonds. The first-order valence-electron chi connectivity index (χ1n) is 11.5. The summed E-state index contributed by atoms with van der Waals surface area (Å²) in [5.41, 5.74) is 2.69. The summed E-state index contributed by atoms with van der Waals surface area (Å²) in [7, 11) is 0. The van der Waals surface area contributed by atoms with Crippen LogP contribution in [-0.2, 0) is 25.0 Å². The fraction of sp³-hybridized carbons (Fsp3) is 0.500. The largest absolute Gasteiger partial charge is 0.459 e. The summed E-state index contributed by atoms with van der Waals surface area (Å²) in [5.74, 6) is -0.733. The van der Waals surface area contributed by atoms with Crippen LogP contribution in [0.25, 0.3) is 0 Å². The molecule has 0 aliphatic heterocycles. The van der Waals surface area contributed by atoms with Crippen LogP contribution >= 0.6 is 0 Å². The van der Waals surface area contributed by atoms with Crippen LogP contribution in [0.1, 0.15) is 87.2 Å². The molecule has 0 saturated heterocycles. The van der Waals surface area contributed by atoms with E-state index in [4.69, 9.17) is 14.2 Å². The molecule has 5 nitrogen and oxygen atoms in total. The third-order valence-corrected chi connectivity index (χ3v) is 5.28. The lowest BCUT2D eigenvalue weighted by Crippen LogP contribution is -2.27. The van der Waals surface area contributed by atoms with Gasteiger partial charge in [0.1, 0.15) is 12.7 Å². The Labute approximate surface area is 198 Å². The summed E-state index contributed by atoms with van der Waals surface area (Å²) in [4.78, 5) is 25.3. The van der Waals surface area contributed by atoms with Gasteiger partial charge in [-0.15, -0.1) is 0 Å². The Morgan fingerprint density at radius 2 is 1.15 bits per heavy atom. The van der Waals surface area contributed by atoms with Crippen LogP contribution in [-0.4, -0.2) is 37.4 Å². The zero-order valence-electron chi connectivity index (χ0n) is 21.2. The van der Waals surface area contributed by atoms with Gasteiger partial charge in [-0.3, -0.25) is 0 Å². The highest BCUT2D eigenvalue weighted by molar-refractivity contribution is 5.92. The summed E-state index contributed by atoms with van der Waals surface area (Å²) in [5, 5.41) is 0. The first-order chi connectivity index (χ1) is 15.3. The van der Waals surface area contributed by atoms with Crippen molar-refractivity contribution in [2.75, 3.05) is 13.2 Å². The minimum atomic E-state index is -0.440. The summed E-state index contributed by atoms with van der Waals surface area (Å²) < 4.78 is 16.9. The van der Waals surface area contributed by atoms with Crippen molar-refractivity contribution in [2.24, 2.45) is 0 Å². The van der Waals surface area contributed by atoms with E-state index in [1.165, 1.54) is 0 Å². The average Bonchev–Trinajstić information content (AvgIpc) is 2.74. The summed E-state index contributed by atoms with van der Waals surface area (Å²) >= 11 is 0. The molecule has 0 aliphatic rings. The Hall–Kier alpha value is -2.66. The summed E-state index contributed by atoms with van der Waals surface area (Å²) in [6.07, 6.45) is -0.774. The average molecular weight is 455 g/mol. The fourth-order valence-electron chi connectivity index (χ4n) is 3.53. The molecule has 2 rings (SSSR count). The van der Waals surface area contributed by atoms with Crippen LogP contribution in [0.4, 0.5) is 0 Å². The first-order valence-corrected chi connectivity index (χ1v) is 11.5. The molecule has 2 atom stereocenters. The lowest BCUT2D eigenvalue weighted by atomic mass is 9.84. The normalized spacial score (nSPS) is 13.8. The molecule has 2 aromatic rings. The van der Waals surface area contributed by atoms with E-state index in [0.29, 0.717) is 11.1 Å². The lowest BCUT2D eigenvalue weighted by Gasteiger charge is -2.23. The van der Waals surface area contributed by atoms with Gasteiger partial charge < -0.3 is 14.2 Å². The van der Waals surface area contributed by atoms with E-state index in [9.17, 15) is 9.59 Å². The van der Waals surface area contributed by atoms with Crippen molar-refractivity contribution in [3.63, 3.8) is 0 Å². The van der Waals surface area contributed by atoms with Crippen molar-refractivity contribution < 1.29 is 23.8 Å². The number of hydrogen-bond donors (Lipinski definition) is 0. The van der Waals surface area contributed by atoms with Gasteiger partial charge in [-0.25, -0.2) is 9.59 Å². The molecule has 5 heteroatoms. The Bertz CT molecular complexity index is 949. The standard InChI is InChI=1S/C28H38O5/c1-19(17-32-25(29)21-13-9-11-15-23(21)27(3,4)5)31-18-20(2)33-26(30)22-14-10-12-16-24(22)28(6,7)8/h9-16,19-20H,17-18H2,1-8H3. The summed E-state index contributed by atoms with van der Waals surface area (Å²) in [6.45, 7) is 16.3. The van der Waals surface area contributed by atoms with Gasteiger partial charge in [0, 0.05) is 0 Å². The molecule has 0 N–H and O–H groups in total. The second kappa shape index (κ2) is 11.0. The molecule has 180 valence electrons. The van der Waals surface area contributed by atoms with E-state index in [1.54, 1.807) is 19.1 Å². The molecule has 33 heavy (non-hydrogen) atoms. The van der Waals surface area contributed by atoms with Gasteiger partial charge in [-0.2, -0.15) is 0 Å². The first kappa shape index (κ1) is 26.6. The molecule has 0 radical (unpaired) electrons. The van der Waals surface area contributed by atoms with Crippen molar-refractivity contribution >= 4 is 11.9 Å². The van der Waals surface area contributed by atoms with E-state index in [2.05, 4.69) is 41.5 Å². The minimum Gasteiger partial charge on any atom is -0.459 e. The number of esters is 2. The molecule has 2 aromatic carbocycles. The van der Waals surface area contributed by atoms with Crippen molar-refractivity contribution in [3.05, 3.63) is 70.8 Å². The SMILES string of the molecule is CC(COC(=O)c1ccccc1C(C)(C)C)OCC(C)OC(=O)c1ccccc1C(C)(C)C. The van der Waals surface area contributed by atoms with E-state index >= 15 is 0 Å². The Balaban J connectivity index is 1.87. The van der Waals surface area contributed by atoms with Gasteiger partial charge in [0.05, 0.1) is 23.8 Å². The van der Waals surface area contributed by atoms with Gasteiger partial charge in [0.2, 0.25) is 0 Å². The maximum atomic E-state index is 12.7. The van der Waals surface area contributed by atoms with Gasteiger partial charge in [-0.1, -0.05) is 77.9 Å². The molecular weight excluding hydrogens is 416 g/mol. The minimum absolute atomic E-state index is 0.116. The summed E-state index contributed by atoms with van der Waals surface area (Å²) in [6, 6.07) is 15.0. The lowest BCUT2D eigenvalue weighted by molar-refractivity contribution is -0.0381. The highest BCUT2D eigenvalue weighted by atomic mass is 16.6. The van der Waals surface area contributed by atoms with Crippen LogP contribution in [0.15, 0.2) is 48.5 Å². The smallest absolute Gasteiger partial charge is 0.338 e. The maximum Gasteiger partial charge on any atom is 0.338 e. The zero-order valence-corrected chi connectivity index (χ0v) is 21.2. The highest BCUT2D eigenvalue weighted by Crippen LogP contribution is 2.27. The highest BCUT2D eigenvalue weighted by Gasteiger charge is 2.24. The van der Waals surface area contributed by atoms with E-state index in [0.717, 1.165) is 11.1 Å². The number of hydrogen-bond acceptors (Lipinski definition) is 5. The van der Waals surface area contributed by atoms with Gasteiger partial charge >= 0.3 is 11.9 Å². The molecule has 0 aliphatic carbocycles. The topological polar surface area (TPSA) is 61.8 Å². The van der Waals surface area contributed by atoms with Crippen molar-refractivity contribution in [3.8, 4) is 0 Å². The molecule has 0 spiro atoms. The Morgan fingerprint density at radius 1 is 0.697 bits per heavy atom. The van der Waals surface area contributed by atoms with Crippen LogP contribution < -0.4 is 0 Å². The van der Waals surface area contributed by atoms with Gasteiger partial charge in [-0.05, 0) is 47.9 Å². The fourth-order valence-corrected chi connectivity index (χ4v) is 3.53. The van der Waals surface area contributed by atoms with Crippen molar-refractivity contribution in [2.45, 2.75) is 78.4 Å². The third-order valence-electron chi connectivity index (χ3n) is 5.28. The van der Waals surface area contributed by atoms with E-state index < -0.39 is 6.10 Å². The van der Waals surface area contributed by atoms with Crippen LogP contribution in [0.3, 0.4) is 0 Å². The zero-order chi connectivity index (χ0) is 24.8. The van der Waals surface area contributed by atoms with E-state index in [-0.39, 0.29) is 42.1 Å². The molecule has 0 heterocycles. The van der Waals surface area contributed by atoms with Gasteiger partial charge in [0.15, 0.2) is 0 Å². The van der Waals surface area contributed by atoms with Crippen molar-refractivity contribution in [1.29, 1.82) is 0 Å². The second-order valence-corrected chi connectivity index (χ2v) is 10.5. The number of ether oxygens (including phenoxy) is 3. The second-order valence-electron chi connectivity index (χ2n) is 10.5. The predicted molar refractivity (Wildman–Crippen MR) is 131 cm³/mol. The number of carbonyl (C=O) groups is 2. The molecule has 0 saturated carbocycles. The monoisotopic (exact) mass is 454 g/mol. The number of carbonyl (C=O) groups excluding carboxylic acids is 2. The van der Waals surface area contributed by atoms with E-state index in [1.807, 2.05) is 43.3 Å². The Kier molecular flexibility index (Phi) is 8.84. The molecule has 2 unspecified atom stereocenters. The van der Waals surface area contributed by atoms with Crippen LogP contribution in [0, 0.1) is 0 Å². The molecule has 0 aromatic heterocycles. The number of rotatable bonds is 8. The molecular formula is C28H38O5. The van der Waals surface area contributed by atoms with Gasteiger partial charge in [0.25, 0.3) is 0 Å². The quantitative estimate of drug-likeness (QED) is 0.452. The Morgan fingerprint density at radius 3 is 1.64 bits per heavy atom. The molecule has 0 bridgehead atoms.